The summed E-state index contributed by atoms with van der Waals surface area (Å²) in [5.41, 5.74) is 0.451. The van der Waals surface area contributed by atoms with Gasteiger partial charge in [0, 0.05) is 6.61 Å². The minimum Gasteiger partial charge on any atom is -0.481 e. The van der Waals surface area contributed by atoms with Gasteiger partial charge in [0.15, 0.2) is 0 Å². The van der Waals surface area contributed by atoms with Crippen LogP contribution >= 0.6 is 0 Å². The number of carbonyl (C=O) groups is 1. The van der Waals surface area contributed by atoms with Crippen molar-refractivity contribution in [3.63, 3.8) is 0 Å². The number of rotatable bonds is 8. The molecule has 0 bridgehead atoms. The van der Waals surface area contributed by atoms with Gasteiger partial charge in [-0.15, -0.1) is 0 Å². The van der Waals surface area contributed by atoms with Crippen LogP contribution in [0, 0.1) is 11.7 Å². The van der Waals surface area contributed by atoms with Gasteiger partial charge >= 0.3 is 5.97 Å². The van der Waals surface area contributed by atoms with E-state index in [1.54, 1.807) is 18.2 Å². The molecule has 1 atom stereocenters. The number of unbranched alkanes of at least 4 members (excludes halogenated alkanes) is 2. The summed E-state index contributed by atoms with van der Waals surface area (Å²) in [5.74, 6) is -1.79. The van der Waals surface area contributed by atoms with Gasteiger partial charge in [-0.2, -0.15) is 0 Å². The lowest BCUT2D eigenvalue weighted by Gasteiger charge is -2.12. The fourth-order valence-electron chi connectivity index (χ4n) is 1.92. The number of hydrogen-bond acceptors (Lipinski definition) is 2. The Kier molecular flexibility index (Phi) is 6.36. The van der Waals surface area contributed by atoms with Crippen LogP contribution in [0.2, 0.25) is 0 Å². The highest BCUT2D eigenvalue weighted by atomic mass is 19.1. The molecular weight excluding hydrogens is 235 g/mol. The molecule has 18 heavy (non-hydrogen) atoms. The molecule has 2 N–H and O–H groups in total. The van der Waals surface area contributed by atoms with Crippen LogP contribution < -0.4 is 0 Å². The number of halogens is 1. The van der Waals surface area contributed by atoms with Crippen molar-refractivity contribution in [3.8, 4) is 0 Å². The van der Waals surface area contributed by atoms with E-state index in [1.165, 1.54) is 6.07 Å². The zero-order valence-electron chi connectivity index (χ0n) is 10.3. The Bertz CT molecular complexity index is 379. The molecule has 0 aliphatic carbocycles. The molecule has 100 valence electrons. The summed E-state index contributed by atoms with van der Waals surface area (Å²) < 4.78 is 13.4. The quantitative estimate of drug-likeness (QED) is 0.701. The van der Waals surface area contributed by atoms with Crippen molar-refractivity contribution in [1.29, 1.82) is 0 Å². The highest BCUT2D eigenvalue weighted by molar-refractivity contribution is 5.70. The zero-order chi connectivity index (χ0) is 13.4. The molecule has 0 radical (unpaired) electrons. The van der Waals surface area contributed by atoms with Gasteiger partial charge < -0.3 is 10.2 Å². The lowest BCUT2D eigenvalue weighted by molar-refractivity contribution is -0.142. The van der Waals surface area contributed by atoms with Crippen molar-refractivity contribution in [1.82, 2.24) is 0 Å². The smallest absolute Gasteiger partial charge is 0.306 e. The molecule has 0 heterocycles. The van der Waals surface area contributed by atoms with Crippen molar-refractivity contribution < 1.29 is 19.4 Å². The van der Waals surface area contributed by atoms with E-state index in [4.69, 9.17) is 10.2 Å². The second-order valence-corrected chi connectivity index (χ2v) is 4.40. The molecule has 3 nitrogen and oxygen atoms in total. The number of aliphatic hydroxyl groups excluding tert-OH is 1. The van der Waals surface area contributed by atoms with Crippen LogP contribution in [0.4, 0.5) is 4.39 Å². The standard InChI is InChI=1S/C14H19FO3/c15-13-8-4-3-6-11(13)10-12(14(17)18)7-2-1-5-9-16/h3-4,6,8,12,16H,1-2,5,7,9-10H2,(H,17,18). The maximum absolute atomic E-state index is 13.4. The van der Waals surface area contributed by atoms with Crippen LogP contribution in [0.5, 0.6) is 0 Å². The van der Waals surface area contributed by atoms with Gasteiger partial charge in [0.05, 0.1) is 5.92 Å². The average Bonchev–Trinajstić information content (AvgIpc) is 2.35. The van der Waals surface area contributed by atoms with Gasteiger partial charge in [0.25, 0.3) is 0 Å². The Morgan fingerprint density at radius 1 is 1.22 bits per heavy atom. The Morgan fingerprint density at radius 3 is 2.56 bits per heavy atom. The molecule has 0 saturated heterocycles. The first kappa shape index (κ1) is 14.6. The molecule has 0 aliphatic rings. The Morgan fingerprint density at radius 2 is 1.94 bits per heavy atom. The highest BCUT2D eigenvalue weighted by Gasteiger charge is 2.18. The number of aliphatic hydroxyl groups is 1. The number of aliphatic carboxylic acids is 1. The fourth-order valence-corrected chi connectivity index (χ4v) is 1.92. The van der Waals surface area contributed by atoms with Gasteiger partial charge in [-0.05, 0) is 30.9 Å². The van der Waals surface area contributed by atoms with Crippen molar-refractivity contribution >= 4 is 5.97 Å². The van der Waals surface area contributed by atoms with Gasteiger partial charge in [-0.1, -0.05) is 31.0 Å². The molecule has 0 saturated carbocycles. The summed E-state index contributed by atoms with van der Waals surface area (Å²) in [4.78, 5) is 11.1. The summed E-state index contributed by atoms with van der Waals surface area (Å²) in [6.45, 7) is 0.130. The van der Waals surface area contributed by atoms with Crippen LogP contribution in [0.3, 0.4) is 0 Å². The predicted octanol–water partition coefficient (Wildman–Crippen LogP) is 2.62. The minimum atomic E-state index is -0.887. The molecular formula is C14H19FO3. The van der Waals surface area contributed by atoms with E-state index in [2.05, 4.69) is 0 Å². The number of hydrogen-bond donors (Lipinski definition) is 2. The van der Waals surface area contributed by atoms with E-state index in [1.807, 2.05) is 0 Å². The summed E-state index contributed by atoms with van der Waals surface area (Å²) in [7, 11) is 0. The van der Waals surface area contributed by atoms with Crippen molar-refractivity contribution in [3.05, 3.63) is 35.6 Å². The van der Waals surface area contributed by atoms with E-state index in [-0.39, 0.29) is 18.8 Å². The number of benzene rings is 1. The van der Waals surface area contributed by atoms with Crippen LogP contribution in [-0.2, 0) is 11.2 Å². The second-order valence-electron chi connectivity index (χ2n) is 4.40. The summed E-state index contributed by atoms with van der Waals surface area (Å²) in [5, 5.41) is 17.8. The molecule has 4 heteroatoms. The normalized spacial score (nSPS) is 12.3. The molecule has 1 aromatic carbocycles. The maximum Gasteiger partial charge on any atom is 0.306 e. The van der Waals surface area contributed by atoms with Crippen molar-refractivity contribution in [2.24, 2.45) is 5.92 Å². The Labute approximate surface area is 106 Å². The summed E-state index contributed by atoms with van der Waals surface area (Å²) >= 11 is 0. The lowest BCUT2D eigenvalue weighted by Crippen LogP contribution is -2.17. The summed E-state index contributed by atoms with van der Waals surface area (Å²) in [6.07, 6.45) is 2.97. The first-order chi connectivity index (χ1) is 8.65. The van der Waals surface area contributed by atoms with E-state index in [0.717, 1.165) is 12.8 Å². The van der Waals surface area contributed by atoms with Crippen LogP contribution in [0.25, 0.3) is 0 Å². The molecule has 0 spiro atoms. The van der Waals surface area contributed by atoms with Gasteiger partial charge in [-0.3, -0.25) is 4.79 Å². The second kappa shape index (κ2) is 7.82. The topological polar surface area (TPSA) is 57.5 Å². The Balaban J connectivity index is 2.53. The predicted molar refractivity (Wildman–Crippen MR) is 66.8 cm³/mol. The Hall–Kier alpha value is -1.42. The first-order valence-corrected chi connectivity index (χ1v) is 6.22. The first-order valence-electron chi connectivity index (χ1n) is 6.22. The molecule has 1 aromatic rings. The summed E-state index contributed by atoms with van der Waals surface area (Å²) in [6, 6.07) is 6.28. The van der Waals surface area contributed by atoms with Crippen LogP contribution in [0.1, 0.15) is 31.2 Å². The third kappa shape index (κ3) is 4.84. The van der Waals surface area contributed by atoms with Crippen LogP contribution in [-0.4, -0.2) is 22.8 Å². The average molecular weight is 254 g/mol. The van der Waals surface area contributed by atoms with Crippen molar-refractivity contribution in [2.45, 2.75) is 32.1 Å². The van der Waals surface area contributed by atoms with Crippen molar-refractivity contribution in [2.75, 3.05) is 6.61 Å². The molecule has 0 amide bonds. The number of carboxylic acid groups (broad SMARTS) is 1. The molecule has 0 aromatic heterocycles. The monoisotopic (exact) mass is 254 g/mol. The molecule has 0 aliphatic heterocycles. The van der Waals surface area contributed by atoms with E-state index >= 15 is 0 Å². The van der Waals surface area contributed by atoms with Gasteiger partial charge in [0.1, 0.15) is 5.82 Å². The maximum atomic E-state index is 13.4. The SMILES string of the molecule is O=C(O)C(CCCCCO)Cc1ccccc1F. The lowest BCUT2D eigenvalue weighted by atomic mass is 9.93. The fraction of sp³-hybridized carbons (Fsp3) is 0.500. The number of carboxylic acids is 1. The van der Waals surface area contributed by atoms with Crippen LogP contribution in [0.15, 0.2) is 24.3 Å². The third-order valence-electron chi connectivity index (χ3n) is 2.98. The van der Waals surface area contributed by atoms with E-state index in [0.29, 0.717) is 18.4 Å². The minimum absolute atomic E-state index is 0.130. The highest BCUT2D eigenvalue weighted by Crippen LogP contribution is 2.18. The zero-order valence-corrected chi connectivity index (χ0v) is 10.3. The van der Waals surface area contributed by atoms with E-state index < -0.39 is 11.9 Å². The van der Waals surface area contributed by atoms with Gasteiger partial charge in [0.2, 0.25) is 0 Å². The third-order valence-corrected chi connectivity index (χ3v) is 2.98. The molecule has 0 fully saturated rings. The van der Waals surface area contributed by atoms with Gasteiger partial charge in [-0.25, -0.2) is 4.39 Å². The molecule has 1 rings (SSSR count). The molecule has 1 unspecified atom stereocenters. The largest absolute Gasteiger partial charge is 0.481 e. The van der Waals surface area contributed by atoms with E-state index in [9.17, 15) is 9.18 Å².